The van der Waals surface area contributed by atoms with Crippen LogP contribution < -0.4 is 10.6 Å². The monoisotopic (exact) mass is 351 g/mol. The quantitative estimate of drug-likeness (QED) is 0.614. The van der Waals surface area contributed by atoms with Crippen molar-refractivity contribution in [3.8, 4) is 0 Å². The second-order valence-corrected chi connectivity index (χ2v) is 6.22. The van der Waals surface area contributed by atoms with E-state index in [2.05, 4.69) is 29.5 Å². The molecule has 0 spiro atoms. The zero-order chi connectivity index (χ0) is 17.8. The predicted molar refractivity (Wildman–Crippen MR) is 105 cm³/mol. The van der Waals surface area contributed by atoms with Crippen LogP contribution in [0.1, 0.15) is 40.0 Å². The SMILES string of the molecule is CCCO.CCNCCCC(C)Nc1ccnc2cc(Cl)ccc12. The van der Waals surface area contributed by atoms with Crippen LogP contribution in [-0.2, 0) is 0 Å². The fourth-order valence-corrected chi connectivity index (χ4v) is 2.46. The molecule has 4 nitrogen and oxygen atoms in total. The van der Waals surface area contributed by atoms with E-state index < -0.39 is 0 Å². The van der Waals surface area contributed by atoms with Gasteiger partial charge >= 0.3 is 0 Å². The molecule has 0 aliphatic carbocycles. The summed E-state index contributed by atoms with van der Waals surface area (Å²) in [6, 6.07) is 8.30. The molecule has 1 aromatic carbocycles. The topological polar surface area (TPSA) is 57.2 Å². The number of aliphatic hydroxyl groups is 1. The van der Waals surface area contributed by atoms with Crippen molar-refractivity contribution < 1.29 is 5.11 Å². The average Bonchev–Trinajstić information content (AvgIpc) is 2.59. The predicted octanol–water partition coefficient (Wildman–Crippen LogP) is 4.47. The summed E-state index contributed by atoms with van der Waals surface area (Å²) in [6.07, 6.45) is 5.02. The summed E-state index contributed by atoms with van der Waals surface area (Å²) < 4.78 is 0. The van der Waals surface area contributed by atoms with E-state index in [4.69, 9.17) is 16.7 Å². The Kier molecular flexibility index (Phi) is 10.4. The number of hydrogen-bond donors (Lipinski definition) is 3. The van der Waals surface area contributed by atoms with Crippen molar-refractivity contribution >= 4 is 28.2 Å². The van der Waals surface area contributed by atoms with Crippen LogP contribution in [0.2, 0.25) is 5.02 Å². The van der Waals surface area contributed by atoms with Gasteiger partial charge in [-0.05, 0) is 63.5 Å². The Labute approximate surface area is 150 Å². The molecular formula is C19H30ClN3O. The van der Waals surface area contributed by atoms with Crippen molar-refractivity contribution in [3.63, 3.8) is 0 Å². The maximum absolute atomic E-state index is 7.88. The molecule has 1 atom stereocenters. The van der Waals surface area contributed by atoms with E-state index in [1.807, 2.05) is 37.4 Å². The minimum atomic E-state index is 0.319. The van der Waals surface area contributed by atoms with Crippen molar-refractivity contribution in [2.75, 3.05) is 25.0 Å². The molecule has 5 heteroatoms. The first-order valence-electron chi connectivity index (χ1n) is 8.74. The number of hydrogen-bond acceptors (Lipinski definition) is 4. The van der Waals surface area contributed by atoms with Crippen LogP contribution in [0.5, 0.6) is 0 Å². The van der Waals surface area contributed by atoms with E-state index in [0.717, 1.165) is 47.5 Å². The van der Waals surface area contributed by atoms with Gasteiger partial charge in [-0.2, -0.15) is 0 Å². The lowest BCUT2D eigenvalue weighted by atomic mass is 10.1. The maximum atomic E-state index is 7.88. The van der Waals surface area contributed by atoms with Crippen LogP contribution in [0.3, 0.4) is 0 Å². The lowest BCUT2D eigenvalue weighted by Crippen LogP contribution is -2.19. The van der Waals surface area contributed by atoms with E-state index in [1.165, 1.54) is 6.42 Å². The summed E-state index contributed by atoms with van der Waals surface area (Å²) in [4.78, 5) is 4.36. The van der Waals surface area contributed by atoms with Crippen molar-refractivity contribution in [1.82, 2.24) is 10.3 Å². The van der Waals surface area contributed by atoms with Crippen LogP contribution in [0.15, 0.2) is 30.5 Å². The van der Waals surface area contributed by atoms with E-state index >= 15 is 0 Å². The number of nitrogens with zero attached hydrogens (tertiary/aromatic N) is 1. The number of fused-ring (bicyclic) bond motifs is 1. The molecule has 1 aromatic heterocycles. The fraction of sp³-hybridized carbons (Fsp3) is 0.526. The Bertz CT molecular complexity index is 590. The minimum absolute atomic E-state index is 0.319. The van der Waals surface area contributed by atoms with E-state index in [0.29, 0.717) is 12.6 Å². The molecule has 3 N–H and O–H groups in total. The van der Waals surface area contributed by atoms with E-state index in [-0.39, 0.29) is 0 Å². The second kappa shape index (κ2) is 12.1. The van der Waals surface area contributed by atoms with E-state index in [9.17, 15) is 0 Å². The minimum Gasteiger partial charge on any atom is -0.396 e. The van der Waals surface area contributed by atoms with Gasteiger partial charge in [0, 0.05) is 34.9 Å². The van der Waals surface area contributed by atoms with Crippen molar-refractivity contribution in [3.05, 3.63) is 35.5 Å². The Balaban J connectivity index is 0.000000648. The third kappa shape index (κ3) is 7.47. The van der Waals surface area contributed by atoms with Gasteiger partial charge in [0.1, 0.15) is 0 Å². The molecule has 1 heterocycles. The molecule has 0 bridgehead atoms. The standard InChI is InChI=1S/C16H22ClN3.C3H8O/c1-3-18-9-4-5-12(2)20-15-8-10-19-16-11-13(17)6-7-14(15)16;1-2-3-4/h6-8,10-12,18H,3-5,9H2,1-2H3,(H,19,20);4H,2-3H2,1H3. The van der Waals surface area contributed by atoms with Crippen molar-refractivity contribution in [2.45, 2.75) is 46.1 Å². The number of rotatable bonds is 8. The van der Waals surface area contributed by atoms with Gasteiger partial charge < -0.3 is 15.7 Å². The maximum Gasteiger partial charge on any atom is 0.0737 e. The molecular weight excluding hydrogens is 322 g/mol. The van der Waals surface area contributed by atoms with E-state index in [1.54, 1.807) is 0 Å². The first-order chi connectivity index (χ1) is 11.6. The molecule has 0 amide bonds. The zero-order valence-electron chi connectivity index (χ0n) is 15.0. The molecule has 134 valence electrons. The van der Waals surface area contributed by atoms with Gasteiger partial charge in [-0.1, -0.05) is 25.4 Å². The lowest BCUT2D eigenvalue weighted by Gasteiger charge is -2.16. The molecule has 0 aliphatic rings. The molecule has 24 heavy (non-hydrogen) atoms. The smallest absolute Gasteiger partial charge is 0.0737 e. The van der Waals surface area contributed by atoms with Gasteiger partial charge in [0.2, 0.25) is 0 Å². The summed E-state index contributed by atoms with van der Waals surface area (Å²) >= 11 is 6.01. The summed E-state index contributed by atoms with van der Waals surface area (Å²) in [7, 11) is 0. The first kappa shape index (κ1) is 20.7. The molecule has 2 aromatic rings. The van der Waals surface area contributed by atoms with Crippen LogP contribution in [0, 0.1) is 0 Å². The van der Waals surface area contributed by atoms with Crippen molar-refractivity contribution in [2.24, 2.45) is 0 Å². The third-order valence-electron chi connectivity index (χ3n) is 3.57. The fourth-order valence-electron chi connectivity index (χ4n) is 2.29. The highest BCUT2D eigenvalue weighted by atomic mass is 35.5. The van der Waals surface area contributed by atoms with Gasteiger partial charge in [0.25, 0.3) is 0 Å². The second-order valence-electron chi connectivity index (χ2n) is 5.78. The lowest BCUT2D eigenvalue weighted by molar-refractivity contribution is 0.295. The Morgan fingerprint density at radius 3 is 2.67 bits per heavy atom. The van der Waals surface area contributed by atoms with Gasteiger partial charge in [0.05, 0.1) is 5.52 Å². The number of anilines is 1. The highest BCUT2D eigenvalue weighted by molar-refractivity contribution is 6.31. The summed E-state index contributed by atoms with van der Waals surface area (Å²) in [5.41, 5.74) is 2.06. The molecule has 0 saturated carbocycles. The van der Waals surface area contributed by atoms with Crippen LogP contribution in [0.4, 0.5) is 5.69 Å². The molecule has 0 radical (unpaired) electrons. The largest absolute Gasteiger partial charge is 0.396 e. The molecule has 0 aliphatic heterocycles. The summed E-state index contributed by atoms with van der Waals surface area (Å²) in [5.74, 6) is 0. The molecule has 0 fully saturated rings. The van der Waals surface area contributed by atoms with Crippen LogP contribution in [0.25, 0.3) is 10.9 Å². The van der Waals surface area contributed by atoms with Crippen molar-refractivity contribution in [1.29, 1.82) is 0 Å². The normalized spacial score (nSPS) is 11.7. The van der Waals surface area contributed by atoms with Gasteiger partial charge in [-0.15, -0.1) is 0 Å². The summed E-state index contributed by atoms with van der Waals surface area (Å²) in [5, 5.41) is 16.6. The molecule has 1 unspecified atom stereocenters. The first-order valence-corrected chi connectivity index (χ1v) is 9.12. The number of halogens is 1. The van der Waals surface area contributed by atoms with Gasteiger partial charge in [-0.3, -0.25) is 4.98 Å². The highest BCUT2D eigenvalue weighted by Crippen LogP contribution is 2.25. The zero-order valence-corrected chi connectivity index (χ0v) is 15.7. The van der Waals surface area contributed by atoms with Gasteiger partial charge in [0.15, 0.2) is 0 Å². The molecule has 2 rings (SSSR count). The number of nitrogens with one attached hydrogen (secondary N) is 2. The Morgan fingerprint density at radius 1 is 1.25 bits per heavy atom. The number of aromatic nitrogens is 1. The number of aliphatic hydroxyl groups excluding tert-OH is 1. The number of benzene rings is 1. The van der Waals surface area contributed by atoms with Crippen LogP contribution >= 0.6 is 11.6 Å². The average molecular weight is 352 g/mol. The third-order valence-corrected chi connectivity index (χ3v) is 3.81. The molecule has 0 saturated heterocycles. The highest BCUT2D eigenvalue weighted by Gasteiger charge is 2.06. The summed E-state index contributed by atoms with van der Waals surface area (Å²) in [6.45, 7) is 8.72. The Morgan fingerprint density at radius 2 is 2.00 bits per heavy atom. The van der Waals surface area contributed by atoms with Gasteiger partial charge in [-0.25, -0.2) is 0 Å². The number of pyridine rings is 1. The van der Waals surface area contributed by atoms with Crippen LogP contribution in [-0.4, -0.2) is 35.8 Å². The Hall–Kier alpha value is -1.36.